The number of alkyl halides is 4. The monoisotopic (exact) mass is 328 g/mol. The molecule has 0 radical (unpaired) electrons. The molecule has 1 rings (SSSR count). The van der Waals surface area contributed by atoms with E-state index in [1.54, 1.807) is 0 Å². The Hall–Kier alpha value is -0.780. The van der Waals surface area contributed by atoms with Gasteiger partial charge >= 0.3 is 6.18 Å². The second kappa shape index (κ2) is 6.97. The second-order valence-electron chi connectivity index (χ2n) is 3.74. The molecule has 0 saturated heterocycles. The summed E-state index contributed by atoms with van der Waals surface area (Å²) in [6.07, 6.45) is -2.02. The summed E-state index contributed by atoms with van der Waals surface area (Å²) in [7, 11) is 0. The van der Waals surface area contributed by atoms with Gasteiger partial charge in [-0.2, -0.15) is 13.2 Å². The maximum atomic E-state index is 13.0. The van der Waals surface area contributed by atoms with E-state index in [0.717, 1.165) is 30.7 Å². The highest BCUT2D eigenvalue weighted by Gasteiger charge is 2.34. The number of halogens is 5. The Balaban J connectivity index is 2.57. The summed E-state index contributed by atoms with van der Waals surface area (Å²) in [4.78, 5) is 0. The van der Waals surface area contributed by atoms with E-state index in [2.05, 4.69) is 15.9 Å². The van der Waals surface area contributed by atoms with Crippen molar-refractivity contribution in [2.75, 3.05) is 11.9 Å². The minimum absolute atomic E-state index is 0.0440. The van der Waals surface area contributed by atoms with E-state index in [1.165, 1.54) is 6.07 Å². The molecule has 1 aromatic rings. The van der Waals surface area contributed by atoms with E-state index in [1.807, 2.05) is 0 Å². The number of hydrogen-bond donors (Lipinski definition) is 0. The molecule has 0 unspecified atom stereocenters. The van der Waals surface area contributed by atoms with E-state index >= 15 is 0 Å². The van der Waals surface area contributed by atoms with Gasteiger partial charge in [-0.25, -0.2) is 4.39 Å². The number of benzene rings is 1. The first kappa shape index (κ1) is 15.3. The average Bonchev–Trinajstić information content (AvgIpc) is 2.29. The number of hydrogen-bond acceptors (Lipinski definition) is 1. The maximum Gasteiger partial charge on any atom is 0.419 e. The minimum Gasteiger partial charge on any atom is -0.494 e. The molecule has 0 N–H and O–H groups in total. The lowest BCUT2D eigenvalue weighted by Gasteiger charge is -2.11. The third-order valence-electron chi connectivity index (χ3n) is 2.29. The van der Waals surface area contributed by atoms with Gasteiger partial charge in [0.05, 0.1) is 12.2 Å². The fourth-order valence-corrected chi connectivity index (χ4v) is 1.77. The third kappa shape index (κ3) is 4.84. The summed E-state index contributed by atoms with van der Waals surface area (Å²) in [5.74, 6) is -1.24. The van der Waals surface area contributed by atoms with Crippen molar-refractivity contribution in [2.45, 2.75) is 25.4 Å². The quantitative estimate of drug-likeness (QED) is 0.414. The van der Waals surface area contributed by atoms with Crippen LogP contribution in [0.4, 0.5) is 17.6 Å². The first-order chi connectivity index (χ1) is 8.45. The average molecular weight is 329 g/mol. The van der Waals surface area contributed by atoms with Gasteiger partial charge in [0.1, 0.15) is 11.6 Å². The molecule has 0 spiro atoms. The normalized spacial score (nSPS) is 11.6. The lowest BCUT2D eigenvalue weighted by molar-refractivity contribution is -0.140. The smallest absolute Gasteiger partial charge is 0.419 e. The first-order valence-electron chi connectivity index (χ1n) is 5.50. The van der Waals surface area contributed by atoms with Crippen LogP contribution in [-0.4, -0.2) is 11.9 Å². The van der Waals surface area contributed by atoms with Crippen LogP contribution in [0, 0.1) is 5.82 Å². The fourth-order valence-electron chi connectivity index (χ4n) is 1.37. The van der Waals surface area contributed by atoms with Gasteiger partial charge in [-0.05, 0) is 37.5 Å². The van der Waals surface area contributed by atoms with Crippen molar-refractivity contribution >= 4 is 15.9 Å². The molecule has 0 amide bonds. The molecule has 1 nitrogen and oxygen atoms in total. The Labute approximate surface area is 111 Å². The van der Waals surface area contributed by atoms with Crippen LogP contribution in [0.15, 0.2) is 18.2 Å². The van der Waals surface area contributed by atoms with Crippen LogP contribution >= 0.6 is 15.9 Å². The zero-order valence-corrected chi connectivity index (χ0v) is 11.2. The Morgan fingerprint density at radius 2 is 1.83 bits per heavy atom. The molecule has 0 aliphatic rings. The van der Waals surface area contributed by atoms with Gasteiger partial charge in [0, 0.05) is 5.33 Å². The lowest BCUT2D eigenvalue weighted by atomic mass is 10.2. The van der Waals surface area contributed by atoms with E-state index in [0.29, 0.717) is 12.7 Å². The van der Waals surface area contributed by atoms with Crippen molar-refractivity contribution < 1.29 is 22.3 Å². The molecule has 0 fully saturated rings. The van der Waals surface area contributed by atoms with Gasteiger partial charge in [0.25, 0.3) is 0 Å². The van der Waals surface area contributed by atoms with Crippen molar-refractivity contribution in [1.29, 1.82) is 0 Å². The van der Waals surface area contributed by atoms with E-state index in [9.17, 15) is 17.6 Å². The van der Waals surface area contributed by atoms with E-state index in [-0.39, 0.29) is 5.75 Å². The summed E-state index contributed by atoms with van der Waals surface area (Å²) < 4.78 is 55.4. The summed E-state index contributed by atoms with van der Waals surface area (Å²) >= 11 is 3.28. The van der Waals surface area contributed by atoms with Crippen LogP contribution < -0.4 is 4.74 Å². The zero-order valence-electron chi connectivity index (χ0n) is 9.57. The summed E-state index contributed by atoms with van der Waals surface area (Å²) in [5, 5.41) is 0.891. The van der Waals surface area contributed by atoms with Crippen LogP contribution in [0.1, 0.15) is 24.8 Å². The van der Waals surface area contributed by atoms with Crippen LogP contribution in [0.5, 0.6) is 5.75 Å². The highest BCUT2D eigenvalue weighted by molar-refractivity contribution is 9.09. The van der Waals surface area contributed by atoms with Crippen molar-refractivity contribution in [3.63, 3.8) is 0 Å². The Bertz CT molecular complexity index is 379. The Morgan fingerprint density at radius 3 is 2.44 bits per heavy atom. The highest BCUT2D eigenvalue weighted by atomic mass is 79.9. The molecule has 18 heavy (non-hydrogen) atoms. The largest absolute Gasteiger partial charge is 0.494 e. The van der Waals surface area contributed by atoms with Crippen LogP contribution in [-0.2, 0) is 6.18 Å². The fraction of sp³-hybridized carbons (Fsp3) is 0.500. The van der Waals surface area contributed by atoms with Crippen LogP contribution in [0.25, 0.3) is 0 Å². The molecule has 0 aliphatic carbocycles. The topological polar surface area (TPSA) is 9.23 Å². The van der Waals surface area contributed by atoms with Gasteiger partial charge in [0.15, 0.2) is 0 Å². The number of unbranched alkanes of at least 4 members (excludes halogenated alkanes) is 2. The van der Waals surface area contributed by atoms with Gasteiger partial charge in [0.2, 0.25) is 0 Å². The highest BCUT2D eigenvalue weighted by Crippen LogP contribution is 2.33. The molecule has 0 bridgehead atoms. The minimum atomic E-state index is -4.70. The molecular weight excluding hydrogens is 316 g/mol. The number of ether oxygens (including phenoxy) is 1. The Kier molecular flexibility index (Phi) is 5.91. The number of rotatable bonds is 6. The van der Waals surface area contributed by atoms with Gasteiger partial charge in [-0.3, -0.25) is 0 Å². The van der Waals surface area contributed by atoms with Gasteiger partial charge in [-0.1, -0.05) is 15.9 Å². The molecular formula is C12H13BrF4O. The molecule has 0 saturated carbocycles. The predicted molar refractivity (Wildman–Crippen MR) is 64.5 cm³/mol. The molecule has 6 heteroatoms. The molecule has 0 aliphatic heterocycles. The lowest BCUT2D eigenvalue weighted by Crippen LogP contribution is -2.08. The third-order valence-corrected chi connectivity index (χ3v) is 2.85. The maximum absolute atomic E-state index is 13.0. The van der Waals surface area contributed by atoms with Crippen molar-refractivity contribution in [1.82, 2.24) is 0 Å². The SMILES string of the molecule is Fc1ccc(OCCCCCBr)cc1C(F)(F)F. The predicted octanol–water partition coefficient (Wildman–Crippen LogP) is 4.79. The van der Waals surface area contributed by atoms with E-state index in [4.69, 9.17) is 4.74 Å². The molecule has 0 atom stereocenters. The van der Waals surface area contributed by atoms with Crippen LogP contribution in [0.2, 0.25) is 0 Å². The zero-order chi connectivity index (χ0) is 13.6. The Morgan fingerprint density at radius 1 is 1.11 bits per heavy atom. The standard InChI is InChI=1S/C12H13BrF4O/c13-6-2-1-3-7-18-9-4-5-11(14)10(8-9)12(15,16)17/h4-5,8H,1-3,6-7H2. The first-order valence-corrected chi connectivity index (χ1v) is 6.63. The van der Waals surface area contributed by atoms with Gasteiger partial charge in [-0.15, -0.1) is 0 Å². The summed E-state index contributed by atoms with van der Waals surface area (Å²) in [6.45, 7) is 0.329. The summed E-state index contributed by atoms with van der Waals surface area (Å²) in [5.41, 5.74) is -1.29. The van der Waals surface area contributed by atoms with Crippen molar-refractivity contribution in [3.8, 4) is 5.75 Å². The molecule has 1 aromatic carbocycles. The van der Waals surface area contributed by atoms with Crippen molar-refractivity contribution in [2.24, 2.45) is 0 Å². The molecule has 0 aromatic heterocycles. The second-order valence-corrected chi connectivity index (χ2v) is 4.53. The van der Waals surface area contributed by atoms with Crippen LogP contribution in [0.3, 0.4) is 0 Å². The molecule has 102 valence electrons. The summed E-state index contributed by atoms with van der Waals surface area (Å²) in [6, 6.07) is 2.67. The van der Waals surface area contributed by atoms with E-state index < -0.39 is 17.6 Å². The van der Waals surface area contributed by atoms with Gasteiger partial charge < -0.3 is 4.74 Å². The molecule has 0 heterocycles. The van der Waals surface area contributed by atoms with Crippen molar-refractivity contribution in [3.05, 3.63) is 29.6 Å².